The maximum Gasteiger partial charge on any atom is 0.488 e. The van der Waals surface area contributed by atoms with Crippen LogP contribution < -0.4 is 37.8 Å². The summed E-state index contributed by atoms with van der Waals surface area (Å²) in [6.45, 7) is 19.5. The molecule has 2 saturated heterocycles. The number of anilines is 2. The maximum absolute atomic E-state index is 13.0. The van der Waals surface area contributed by atoms with Crippen molar-refractivity contribution in [3.05, 3.63) is 243 Å². The first-order valence-electron chi connectivity index (χ1n) is 36.6. The van der Waals surface area contributed by atoms with Gasteiger partial charge in [0.25, 0.3) is 17.8 Å². The van der Waals surface area contributed by atoms with Gasteiger partial charge in [0.1, 0.15) is 39.3 Å². The number of piperazine rings is 2. The molecular formula is C82H94BClF12N18O11Pd. The van der Waals surface area contributed by atoms with E-state index in [1.54, 1.807) is 93.6 Å². The van der Waals surface area contributed by atoms with Crippen molar-refractivity contribution >= 4 is 71.2 Å². The number of amides is 3. The summed E-state index contributed by atoms with van der Waals surface area (Å²) in [5, 5.41) is 44.1. The second-order valence-electron chi connectivity index (χ2n) is 26.5. The van der Waals surface area contributed by atoms with Gasteiger partial charge in [0.05, 0.1) is 40.9 Å². The average molecular weight is 1890 g/mol. The minimum Gasteiger partial charge on any atom is -0.481 e. The molecule has 2 aliphatic rings. The van der Waals surface area contributed by atoms with Gasteiger partial charge in [-0.25, -0.2) is 19.7 Å². The summed E-state index contributed by atoms with van der Waals surface area (Å²) in [5.74, 6) is -2.89. The largest absolute Gasteiger partial charge is 0.488 e. The molecule has 682 valence electrons. The quantitative estimate of drug-likeness (QED) is 0.0294. The van der Waals surface area contributed by atoms with Gasteiger partial charge in [-0.1, -0.05) is 50.7 Å². The van der Waals surface area contributed by atoms with Gasteiger partial charge in [-0.3, -0.25) is 58.9 Å². The molecule has 12 heterocycles. The van der Waals surface area contributed by atoms with Crippen LogP contribution in [0.25, 0.3) is 33.8 Å². The summed E-state index contributed by atoms with van der Waals surface area (Å²) in [6, 6.07) is 23.2. The summed E-state index contributed by atoms with van der Waals surface area (Å²) in [6.07, 6.45) is -4.22. The number of nitrogens with one attached hydrogen (secondary N) is 1. The Balaban J connectivity index is 0.000000522. The van der Waals surface area contributed by atoms with E-state index in [4.69, 9.17) is 63.8 Å². The fourth-order valence-corrected chi connectivity index (χ4v) is 11.2. The molecule has 0 aliphatic carbocycles. The van der Waals surface area contributed by atoms with Gasteiger partial charge >= 0.3 is 37.8 Å². The molecule has 0 bridgehead atoms. The SMILES string of the molecule is C.C.CC(=O)N1CCN(c2ccc(C(=O)NCc3cnc(-c4ccnc(C(F)(F)F)c4)c(C)c3)nc2)CC1.CC(=O)N1CCN(c2ccc(C(=O)O)nc2)CC1.CC(=O)O.CC(=O)O.Cc1cc(CN)cnc1-c1ccnc(C(F)(F)F)c1.Cc1cc(CN)cnc1-c1ccnc(C(F)(F)F)c1.Cc1cc(CN)cnc1Cl.OB(O)c1ccnc(C(F)(F)F)c1.[Pd]. The number of aromatic nitrogens is 10. The zero-order valence-corrected chi connectivity index (χ0v) is 69.8. The van der Waals surface area contributed by atoms with E-state index in [9.17, 15) is 71.9 Å². The molecule has 2 aliphatic heterocycles. The topological polar surface area (TPSA) is 436 Å². The van der Waals surface area contributed by atoms with E-state index in [1.807, 2.05) is 31.2 Å². The predicted molar refractivity (Wildman–Crippen MR) is 444 cm³/mol. The normalized spacial score (nSPS) is 12.1. The van der Waals surface area contributed by atoms with E-state index in [0.29, 0.717) is 115 Å². The third kappa shape index (κ3) is 36.2. The molecule has 2 fully saturated rings. The molecule has 0 aromatic carbocycles. The third-order valence-electron chi connectivity index (χ3n) is 17.1. The zero-order valence-electron chi connectivity index (χ0n) is 67.5. The fraction of sp³-hybridized carbons (Fsp3) is 0.317. The van der Waals surface area contributed by atoms with Crippen LogP contribution in [0.1, 0.15) is 131 Å². The maximum atomic E-state index is 13.0. The van der Waals surface area contributed by atoms with Crippen LogP contribution in [0.3, 0.4) is 0 Å². The van der Waals surface area contributed by atoms with Crippen molar-refractivity contribution in [1.29, 1.82) is 0 Å². The molecule has 29 nitrogen and oxygen atoms in total. The Hall–Kier alpha value is -12.1. The van der Waals surface area contributed by atoms with E-state index in [1.165, 1.54) is 30.5 Å². The van der Waals surface area contributed by atoms with Crippen molar-refractivity contribution in [2.45, 2.75) is 121 Å². The van der Waals surface area contributed by atoms with Crippen LogP contribution in [-0.4, -0.2) is 180 Å². The van der Waals surface area contributed by atoms with Gasteiger partial charge in [-0.05, 0) is 150 Å². The molecule has 12 rings (SSSR count). The monoisotopic (exact) mass is 1890 g/mol. The Labute approximate surface area is 736 Å². The zero-order chi connectivity index (χ0) is 91.9. The number of aromatic carboxylic acids is 1. The van der Waals surface area contributed by atoms with Gasteiger partial charge in [-0.2, -0.15) is 52.7 Å². The first-order valence-corrected chi connectivity index (χ1v) is 36.9. The van der Waals surface area contributed by atoms with Crippen LogP contribution in [0, 0.1) is 27.7 Å². The van der Waals surface area contributed by atoms with E-state index in [-0.39, 0.29) is 76.4 Å². The number of carbonyl (C=O) groups is 6. The van der Waals surface area contributed by atoms with E-state index in [0.717, 1.165) is 121 Å². The molecule has 0 saturated carbocycles. The molecule has 44 heteroatoms. The van der Waals surface area contributed by atoms with Crippen molar-refractivity contribution in [2.75, 3.05) is 62.2 Å². The Morgan fingerprint density at radius 2 is 0.714 bits per heavy atom. The number of alkyl halides is 12. The number of pyridine rings is 10. The number of carboxylic acids is 3. The van der Waals surface area contributed by atoms with Crippen LogP contribution in [0.5, 0.6) is 0 Å². The molecule has 0 spiro atoms. The van der Waals surface area contributed by atoms with Crippen molar-refractivity contribution in [1.82, 2.24) is 65.0 Å². The number of rotatable bonds is 13. The van der Waals surface area contributed by atoms with E-state index < -0.39 is 72.5 Å². The molecule has 0 radical (unpaired) electrons. The van der Waals surface area contributed by atoms with Crippen LogP contribution in [0.15, 0.2) is 159 Å². The van der Waals surface area contributed by atoms with Crippen molar-refractivity contribution in [2.24, 2.45) is 17.2 Å². The van der Waals surface area contributed by atoms with Crippen LogP contribution >= 0.6 is 11.6 Å². The number of carbonyl (C=O) groups excluding carboxylic acids is 3. The minimum absolute atomic E-state index is 0. The van der Waals surface area contributed by atoms with Gasteiger partial charge < -0.3 is 67.5 Å². The number of hydrogen-bond acceptors (Lipinski definition) is 23. The number of hydrogen-bond donors (Lipinski definition) is 9. The molecular weight excluding hydrogens is 1790 g/mol. The second kappa shape index (κ2) is 51.4. The van der Waals surface area contributed by atoms with E-state index >= 15 is 0 Å². The molecule has 10 aromatic heterocycles. The number of nitrogens with two attached hydrogens (primary N) is 3. The number of carboxylic acid groups (broad SMARTS) is 3. The van der Waals surface area contributed by atoms with Crippen LogP contribution in [0.4, 0.5) is 64.1 Å². The van der Waals surface area contributed by atoms with Crippen LogP contribution in [0.2, 0.25) is 5.15 Å². The summed E-state index contributed by atoms with van der Waals surface area (Å²) >= 11 is 5.69. The minimum atomic E-state index is -4.56. The number of nitrogens with zero attached hydrogens (tertiary/aromatic N) is 14. The molecule has 126 heavy (non-hydrogen) atoms. The molecule has 12 N–H and O–H groups in total. The van der Waals surface area contributed by atoms with Crippen LogP contribution in [-0.2, 0) is 90.5 Å². The summed E-state index contributed by atoms with van der Waals surface area (Å²) in [7, 11) is -1.91. The number of aliphatic carboxylic acids is 2. The fourth-order valence-electron chi connectivity index (χ4n) is 11.1. The number of aryl methyl sites for hydroxylation is 4. The summed E-state index contributed by atoms with van der Waals surface area (Å²) in [4.78, 5) is 110. The Morgan fingerprint density at radius 1 is 0.413 bits per heavy atom. The van der Waals surface area contributed by atoms with Gasteiger partial charge in [0.2, 0.25) is 11.8 Å². The standard InChI is InChI=1S/C25H25F3N6O2.2C13H12F3N3.C12H15N3O3.C7H9ClN2.C6H5BF3NO2.2C2H4O2.2CH4.Pd/c1-16-11-18(13-31-23(16)19-5-6-29-22(12-19)25(26,27)28)14-32-24(36)21-4-3-20(15-30-21)34-9-7-33(8-10-34)17(2)35;2*1-8-4-9(6-17)7-19-12(8)10-2-3-18-11(5-10)13(14,15)16;1-9(16)14-4-6-15(7-5-14)10-2-3-11(12(17)18)13-8-10;1-5-2-6(3-9)4-10-7(5)8;8-6(9,10)5-3-4(7(12)13)1-2-11-5;2*1-2(3)4;;;/h3-6,11-13,15H,7-10,14H2,1-2H3,(H,32,36);2*2-5,7H,6,17H2,1H3;2-3,8H,4-7H2,1H3,(H,17,18);2,4H,3,9H2,1H3;1-3,12-13H;2*1H3,(H,3,4);2*1H4;. The third-order valence-corrected chi connectivity index (χ3v) is 17.5. The van der Waals surface area contributed by atoms with Gasteiger partial charge in [0.15, 0.2) is 0 Å². The van der Waals surface area contributed by atoms with Crippen molar-refractivity contribution < 1.29 is 127 Å². The van der Waals surface area contributed by atoms with Crippen molar-refractivity contribution in [3.63, 3.8) is 0 Å². The molecule has 3 amide bonds. The first kappa shape index (κ1) is 110. The summed E-state index contributed by atoms with van der Waals surface area (Å²) < 4.78 is 151. The molecule has 10 aromatic rings. The first-order chi connectivity index (χ1) is 57.6. The Bertz CT molecular complexity index is 5070. The van der Waals surface area contributed by atoms with Crippen molar-refractivity contribution in [3.8, 4) is 33.8 Å². The average Bonchev–Trinajstić information content (AvgIpc) is 0.816. The van der Waals surface area contributed by atoms with E-state index in [2.05, 4.69) is 65.0 Å². The van der Waals surface area contributed by atoms with Gasteiger partial charge in [0, 0.05) is 193 Å². The predicted octanol–water partition coefficient (Wildman–Crippen LogP) is 12.5. The number of halogens is 13. The molecule has 0 unspecified atom stereocenters. The van der Waals surface area contributed by atoms with Gasteiger partial charge in [-0.15, -0.1) is 0 Å². The Kier molecular flexibility index (Phi) is 44.8. The Morgan fingerprint density at radius 3 is 1.00 bits per heavy atom. The smallest absolute Gasteiger partial charge is 0.481 e. The molecule has 0 atom stereocenters. The summed E-state index contributed by atoms with van der Waals surface area (Å²) in [5.41, 5.74) is 23.4. The second-order valence-corrected chi connectivity index (χ2v) is 26.9.